The molecule has 0 heterocycles. The molecular weight excluding hydrogens is 284 g/mol. The van der Waals surface area contributed by atoms with E-state index in [1.807, 2.05) is 0 Å². The lowest BCUT2D eigenvalue weighted by Crippen LogP contribution is -2.51. The molecule has 2 aliphatic rings. The van der Waals surface area contributed by atoms with Crippen molar-refractivity contribution in [2.75, 3.05) is 12.8 Å². The van der Waals surface area contributed by atoms with Crippen LogP contribution in [-0.4, -0.2) is 33.3 Å². The van der Waals surface area contributed by atoms with Crippen LogP contribution < -0.4 is 10.0 Å². The van der Waals surface area contributed by atoms with Gasteiger partial charge in [-0.15, -0.1) is 0 Å². The van der Waals surface area contributed by atoms with Crippen molar-refractivity contribution in [1.82, 2.24) is 10.0 Å². The summed E-state index contributed by atoms with van der Waals surface area (Å²) in [6.45, 7) is 0.966. The van der Waals surface area contributed by atoms with E-state index in [0.717, 1.165) is 51.5 Å². The van der Waals surface area contributed by atoms with Crippen molar-refractivity contribution >= 4 is 10.0 Å². The predicted molar refractivity (Wildman–Crippen MR) is 87.7 cm³/mol. The van der Waals surface area contributed by atoms with E-state index in [0.29, 0.717) is 0 Å². The molecule has 5 heteroatoms. The third kappa shape index (κ3) is 6.32. The van der Waals surface area contributed by atoms with Gasteiger partial charge in [0, 0.05) is 12.1 Å². The molecule has 0 radical (unpaired) electrons. The quantitative estimate of drug-likeness (QED) is 0.561. The molecule has 1 saturated carbocycles. The van der Waals surface area contributed by atoms with Crippen LogP contribution in [0, 0.1) is 0 Å². The molecule has 0 spiro atoms. The number of sulfonamides is 1. The molecule has 2 unspecified atom stereocenters. The normalized spacial score (nSPS) is 26.6. The van der Waals surface area contributed by atoms with Crippen LogP contribution in [0.1, 0.15) is 51.4 Å². The first-order valence-electron chi connectivity index (χ1n) is 8.08. The molecule has 0 aromatic heterocycles. The van der Waals surface area contributed by atoms with E-state index >= 15 is 0 Å². The summed E-state index contributed by atoms with van der Waals surface area (Å²) in [5, 5.41) is 3.56. The van der Waals surface area contributed by atoms with Crippen molar-refractivity contribution < 1.29 is 8.42 Å². The lowest BCUT2D eigenvalue weighted by Gasteiger charge is -2.32. The van der Waals surface area contributed by atoms with Gasteiger partial charge >= 0.3 is 0 Å². The molecule has 0 aromatic carbocycles. The fourth-order valence-corrected chi connectivity index (χ4v) is 4.08. The van der Waals surface area contributed by atoms with Crippen LogP contribution in [-0.2, 0) is 10.0 Å². The van der Waals surface area contributed by atoms with E-state index in [2.05, 4.69) is 28.3 Å². The Bertz CT molecular complexity index is 483. The number of nitrogens with one attached hydrogen (secondary N) is 2. The van der Waals surface area contributed by atoms with Gasteiger partial charge in [0.2, 0.25) is 10.0 Å². The molecule has 0 saturated heterocycles. The van der Waals surface area contributed by atoms with Crippen LogP contribution in [0.2, 0.25) is 0 Å². The van der Waals surface area contributed by atoms with Crippen LogP contribution in [0.5, 0.6) is 0 Å². The fraction of sp³-hybridized carbons (Fsp3) is 0.750. The maximum Gasteiger partial charge on any atom is 0.209 e. The van der Waals surface area contributed by atoms with E-state index < -0.39 is 10.0 Å². The zero-order chi connectivity index (χ0) is 15.1. The summed E-state index contributed by atoms with van der Waals surface area (Å²) in [7, 11) is -3.11. The van der Waals surface area contributed by atoms with Gasteiger partial charge in [0.05, 0.1) is 6.26 Å². The first-order valence-corrected chi connectivity index (χ1v) is 9.97. The van der Waals surface area contributed by atoms with Gasteiger partial charge < -0.3 is 5.32 Å². The van der Waals surface area contributed by atoms with Crippen LogP contribution in [0.25, 0.3) is 0 Å². The third-order valence-electron chi connectivity index (χ3n) is 4.30. The second kappa shape index (κ2) is 8.11. The van der Waals surface area contributed by atoms with Crippen molar-refractivity contribution in [1.29, 1.82) is 0 Å². The van der Waals surface area contributed by atoms with Gasteiger partial charge in [-0.2, -0.15) is 0 Å². The fourth-order valence-electron chi connectivity index (χ4n) is 3.25. The summed E-state index contributed by atoms with van der Waals surface area (Å²) in [4.78, 5) is 0. The molecule has 21 heavy (non-hydrogen) atoms. The summed E-state index contributed by atoms with van der Waals surface area (Å²) >= 11 is 0. The highest BCUT2D eigenvalue weighted by Crippen LogP contribution is 2.20. The molecule has 2 rings (SSSR count). The zero-order valence-corrected chi connectivity index (χ0v) is 13.8. The van der Waals surface area contributed by atoms with E-state index in [1.165, 1.54) is 18.2 Å². The molecule has 0 bridgehead atoms. The van der Waals surface area contributed by atoms with Gasteiger partial charge in [0.1, 0.15) is 0 Å². The minimum Gasteiger partial charge on any atom is -0.312 e. The first-order chi connectivity index (χ1) is 10.0. The van der Waals surface area contributed by atoms with Gasteiger partial charge in [-0.3, -0.25) is 0 Å². The topological polar surface area (TPSA) is 58.2 Å². The Morgan fingerprint density at radius 3 is 2.62 bits per heavy atom. The highest BCUT2D eigenvalue weighted by Gasteiger charge is 2.26. The van der Waals surface area contributed by atoms with Crippen molar-refractivity contribution in [2.24, 2.45) is 0 Å². The SMILES string of the molecule is CS(=O)(=O)NC1CCCCC1NCCCC1=CCC=CC1. The summed E-state index contributed by atoms with van der Waals surface area (Å²) in [5.74, 6) is 0. The Hall–Kier alpha value is -0.650. The number of hydrogen-bond acceptors (Lipinski definition) is 3. The highest BCUT2D eigenvalue weighted by atomic mass is 32.2. The van der Waals surface area contributed by atoms with Crippen molar-refractivity contribution in [3.05, 3.63) is 23.8 Å². The van der Waals surface area contributed by atoms with Gasteiger partial charge in [0.25, 0.3) is 0 Å². The number of hydrogen-bond donors (Lipinski definition) is 2. The Morgan fingerprint density at radius 2 is 1.95 bits per heavy atom. The maximum atomic E-state index is 11.4. The largest absolute Gasteiger partial charge is 0.312 e. The zero-order valence-electron chi connectivity index (χ0n) is 13.0. The highest BCUT2D eigenvalue weighted by molar-refractivity contribution is 7.88. The molecule has 1 fully saturated rings. The molecule has 2 N–H and O–H groups in total. The second-order valence-electron chi connectivity index (χ2n) is 6.22. The van der Waals surface area contributed by atoms with Crippen molar-refractivity contribution in [3.8, 4) is 0 Å². The summed E-state index contributed by atoms with van der Waals surface area (Å²) < 4.78 is 25.6. The Morgan fingerprint density at radius 1 is 1.19 bits per heavy atom. The van der Waals surface area contributed by atoms with E-state index in [4.69, 9.17) is 0 Å². The van der Waals surface area contributed by atoms with Gasteiger partial charge in [0.15, 0.2) is 0 Å². The molecular formula is C16H28N2O2S. The molecule has 120 valence electrons. The van der Waals surface area contributed by atoms with Gasteiger partial charge in [-0.1, -0.05) is 36.6 Å². The van der Waals surface area contributed by atoms with Crippen LogP contribution >= 0.6 is 0 Å². The second-order valence-corrected chi connectivity index (χ2v) is 8.00. The average molecular weight is 312 g/mol. The lowest BCUT2D eigenvalue weighted by molar-refractivity contribution is 0.310. The molecule has 4 nitrogen and oxygen atoms in total. The first kappa shape index (κ1) is 16.7. The standard InChI is InChI=1S/C16H28N2O2S/c1-21(19,20)18-16-12-6-5-11-15(16)17-13-7-10-14-8-3-2-4-9-14/h2-3,9,15-18H,4-8,10-13H2,1H3. The third-order valence-corrected chi connectivity index (χ3v) is 5.03. The summed E-state index contributed by atoms with van der Waals surface area (Å²) in [5.41, 5.74) is 1.54. The van der Waals surface area contributed by atoms with E-state index in [1.54, 1.807) is 0 Å². The molecule has 0 aliphatic heterocycles. The monoisotopic (exact) mass is 312 g/mol. The van der Waals surface area contributed by atoms with Crippen molar-refractivity contribution in [3.63, 3.8) is 0 Å². The molecule has 2 aliphatic carbocycles. The van der Waals surface area contributed by atoms with Gasteiger partial charge in [-0.25, -0.2) is 13.1 Å². The van der Waals surface area contributed by atoms with Crippen LogP contribution in [0.4, 0.5) is 0 Å². The average Bonchev–Trinajstić information content (AvgIpc) is 2.45. The van der Waals surface area contributed by atoms with E-state index in [9.17, 15) is 8.42 Å². The summed E-state index contributed by atoms with van der Waals surface area (Å²) in [6, 6.07) is 0.347. The van der Waals surface area contributed by atoms with E-state index in [-0.39, 0.29) is 12.1 Å². The molecule has 0 aromatic rings. The minimum atomic E-state index is -3.11. The molecule has 0 amide bonds. The van der Waals surface area contributed by atoms with Gasteiger partial charge in [-0.05, 0) is 45.1 Å². The minimum absolute atomic E-state index is 0.0607. The maximum absolute atomic E-state index is 11.4. The Balaban J connectivity index is 1.71. The summed E-state index contributed by atoms with van der Waals surface area (Å²) in [6.07, 6.45) is 16.8. The van der Waals surface area contributed by atoms with Crippen molar-refractivity contribution in [2.45, 2.75) is 63.5 Å². The Labute approximate surface area is 129 Å². The molecule has 2 atom stereocenters. The number of rotatable bonds is 7. The number of allylic oxidation sites excluding steroid dienone is 4. The predicted octanol–water partition coefficient (Wildman–Crippen LogP) is 2.49. The smallest absolute Gasteiger partial charge is 0.209 e. The lowest BCUT2D eigenvalue weighted by atomic mass is 9.91. The van der Waals surface area contributed by atoms with Crippen LogP contribution in [0.3, 0.4) is 0 Å². The Kier molecular flexibility index (Phi) is 6.45. The van der Waals surface area contributed by atoms with Crippen LogP contribution in [0.15, 0.2) is 23.8 Å².